The second kappa shape index (κ2) is 9.20. The molecule has 0 aliphatic carbocycles. The van der Waals surface area contributed by atoms with E-state index < -0.39 is 0 Å². The first-order valence-electron chi connectivity index (χ1n) is 7.51. The average Bonchev–Trinajstić information content (AvgIpc) is 2.95. The third-order valence-corrected chi connectivity index (χ3v) is 5.54. The van der Waals surface area contributed by atoms with Gasteiger partial charge in [0.25, 0.3) is 0 Å². The molecule has 0 saturated carbocycles. The Kier molecular flexibility index (Phi) is 7.27. The zero-order valence-electron chi connectivity index (χ0n) is 13.2. The highest BCUT2D eigenvalue weighted by atomic mass is 79.9. The average molecular weight is 430 g/mol. The zero-order valence-corrected chi connectivity index (χ0v) is 16.4. The summed E-state index contributed by atoms with van der Waals surface area (Å²) in [7, 11) is 0. The third kappa shape index (κ3) is 5.92. The highest BCUT2D eigenvalue weighted by Gasteiger charge is 2.09. The van der Waals surface area contributed by atoms with E-state index in [1.165, 1.54) is 4.88 Å². The second-order valence-electron chi connectivity index (χ2n) is 5.30. The molecule has 2 N–H and O–H groups in total. The molecule has 0 atom stereocenters. The van der Waals surface area contributed by atoms with Crippen molar-refractivity contribution in [3.63, 3.8) is 0 Å². The van der Waals surface area contributed by atoms with Gasteiger partial charge in [0.2, 0.25) is 11.8 Å². The van der Waals surface area contributed by atoms with Crippen molar-refractivity contribution in [2.75, 3.05) is 11.9 Å². The first-order chi connectivity index (χ1) is 11.5. The summed E-state index contributed by atoms with van der Waals surface area (Å²) >= 11 is 11.1. The Morgan fingerprint density at radius 1 is 1.21 bits per heavy atom. The zero-order chi connectivity index (χ0) is 17.5. The van der Waals surface area contributed by atoms with E-state index in [1.54, 1.807) is 29.5 Å². The number of hydrogen-bond acceptors (Lipinski definition) is 3. The molecule has 0 saturated heterocycles. The summed E-state index contributed by atoms with van der Waals surface area (Å²) in [5, 5.41) is 5.98. The number of amides is 2. The Morgan fingerprint density at radius 2 is 2.00 bits per heavy atom. The van der Waals surface area contributed by atoms with Gasteiger partial charge in [-0.2, -0.15) is 0 Å². The van der Waals surface area contributed by atoms with Crippen LogP contribution in [0.15, 0.2) is 34.1 Å². The van der Waals surface area contributed by atoms with Crippen molar-refractivity contribution in [3.8, 4) is 0 Å². The van der Waals surface area contributed by atoms with E-state index in [9.17, 15) is 9.59 Å². The minimum Gasteiger partial charge on any atom is -0.347 e. The van der Waals surface area contributed by atoms with Gasteiger partial charge in [-0.15, -0.1) is 11.3 Å². The Balaban J connectivity index is 1.69. The van der Waals surface area contributed by atoms with Crippen LogP contribution in [0.3, 0.4) is 0 Å². The molecular weight excluding hydrogens is 412 g/mol. The van der Waals surface area contributed by atoms with Gasteiger partial charge in [0.1, 0.15) is 0 Å². The number of nitrogens with one attached hydrogen (secondary N) is 2. The van der Waals surface area contributed by atoms with Crippen LogP contribution in [0, 0.1) is 6.92 Å². The minimum absolute atomic E-state index is 0.0463. The van der Waals surface area contributed by atoms with Crippen LogP contribution >= 0.6 is 38.9 Å². The van der Waals surface area contributed by atoms with Crippen molar-refractivity contribution in [1.82, 2.24) is 5.32 Å². The smallest absolute Gasteiger partial charge is 0.243 e. The van der Waals surface area contributed by atoms with Crippen LogP contribution in [0.25, 0.3) is 0 Å². The lowest BCUT2D eigenvalue weighted by molar-refractivity contribution is -0.124. The van der Waals surface area contributed by atoms with E-state index >= 15 is 0 Å². The summed E-state index contributed by atoms with van der Waals surface area (Å²) in [6, 6.07) is 9.36. The Morgan fingerprint density at radius 3 is 2.71 bits per heavy atom. The number of benzene rings is 1. The van der Waals surface area contributed by atoms with Gasteiger partial charge in [-0.05, 0) is 65.5 Å². The molecule has 0 aliphatic heterocycles. The molecule has 1 heterocycles. The van der Waals surface area contributed by atoms with Gasteiger partial charge in [0.05, 0.1) is 10.3 Å². The lowest BCUT2D eigenvalue weighted by atomic mass is 10.2. The first-order valence-corrected chi connectivity index (χ1v) is 9.50. The summed E-state index contributed by atoms with van der Waals surface area (Å²) in [5.41, 5.74) is 1.46. The predicted molar refractivity (Wildman–Crippen MR) is 103 cm³/mol. The van der Waals surface area contributed by atoms with Crippen LogP contribution in [0.1, 0.15) is 23.3 Å². The number of carbonyl (C=O) groups is 2. The summed E-state index contributed by atoms with van der Waals surface area (Å²) in [6.07, 6.45) is 2.02. The maximum atomic E-state index is 11.9. The number of thiophene rings is 1. The van der Waals surface area contributed by atoms with Crippen molar-refractivity contribution in [2.24, 2.45) is 0 Å². The summed E-state index contributed by atoms with van der Waals surface area (Å²) in [6.45, 7) is 1.79. The third-order valence-electron chi connectivity index (χ3n) is 3.44. The van der Waals surface area contributed by atoms with Gasteiger partial charge in [-0.1, -0.05) is 17.7 Å². The molecule has 7 heteroatoms. The second-order valence-corrected chi connectivity index (χ2v) is 8.25. The van der Waals surface area contributed by atoms with E-state index in [0.717, 1.165) is 22.2 Å². The first kappa shape index (κ1) is 19.0. The maximum Gasteiger partial charge on any atom is 0.243 e. The quantitative estimate of drug-likeness (QED) is 0.678. The molecule has 0 radical (unpaired) electrons. The molecule has 2 amide bonds. The predicted octanol–water partition coefficient (Wildman–Crippen LogP) is 4.55. The molecule has 24 heavy (non-hydrogen) atoms. The summed E-state index contributed by atoms with van der Waals surface area (Å²) in [4.78, 5) is 24.9. The van der Waals surface area contributed by atoms with Gasteiger partial charge in [0, 0.05) is 22.0 Å². The van der Waals surface area contributed by atoms with E-state index in [1.807, 2.05) is 19.1 Å². The Bertz CT molecular complexity index is 733. The van der Waals surface area contributed by atoms with E-state index in [4.69, 9.17) is 11.6 Å². The lowest BCUT2D eigenvalue weighted by Gasteiger charge is -2.10. The number of anilines is 1. The number of aryl methyl sites for hydroxylation is 1. The molecule has 0 spiro atoms. The molecule has 128 valence electrons. The van der Waals surface area contributed by atoms with Crippen molar-refractivity contribution < 1.29 is 9.59 Å². The van der Waals surface area contributed by atoms with Gasteiger partial charge in [-0.25, -0.2) is 0 Å². The number of hydrogen-bond donors (Lipinski definition) is 2. The molecule has 0 bridgehead atoms. The fourth-order valence-electron chi connectivity index (χ4n) is 2.11. The van der Waals surface area contributed by atoms with Crippen molar-refractivity contribution in [3.05, 3.63) is 49.6 Å². The van der Waals surface area contributed by atoms with Crippen molar-refractivity contribution in [1.29, 1.82) is 0 Å². The molecule has 0 unspecified atom stereocenters. The highest BCUT2D eigenvalue weighted by molar-refractivity contribution is 9.11. The number of rotatable bonds is 7. The van der Waals surface area contributed by atoms with E-state index in [0.29, 0.717) is 17.1 Å². The van der Waals surface area contributed by atoms with Crippen LogP contribution in [0.5, 0.6) is 0 Å². The van der Waals surface area contributed by atoms with Gasteiger partial charge in [-0.3, -0.25) is 9.59 Å². The van der Waals surface area contributed by atoms with Crippen molar-refractivity contribution >= 4 is 56.4 Å². The minimum atomic E-state index is -0.268. The number of carbonyl (C=O) groups excluding carboxylic acids is 2. The van der Waals surface area contributed by atoms with Crippen LogP contribution < -0.4 is 10.6 Å². The molecule has 2 aromatic rings. The van der Waals surface area contributed by atoms with Crippen LogP contribution in [0.4, 0.5) is 5.69 Å². The Hall–Kier alpha value is -1.37. The van der Waals surface area contributed by atoms with E-state index in [2.05, 4.69) is 26.6 Å². The molecule has 0 fully saturated rings. The molecule has 1 aromatic carbocycles. The monoisotopic (exact) mass is 428 g/mol. The topological polar surface area (TPSA) is 58.2 Å². The lowest BCUT2D eigenvalue weighted by Crippen LogP contribution is -2.32. The van der Waals surface area contributed by atoms with Gasteiger partial charge < -0.3 is 10.6 Å². The molecule has 4 nitrogen and oxygen atoms in total. The fraction of sp³-hybridized carbons (Fsp3) is 0.294. The fourth-order valence-corrected chi connectivity index (χ4v) is 3.81. The molecular formula is C17H18BrClN2O2S. The molecule has 1 aromatic heterocycles. The normalized spacial score (nSPS) is 10.5. The molecule has 2 rings (SSSR count). The van der Waals surface area contributed by atoms with Crippen LogP contribution in [-0.4, -0.2) is 18.4 Å². The SMILES string of the molecule is Cc1c(Cl)cccc1NC(=O)CNC(=O)CCCc1ccc(Br)s1. The maximum absolute atomic E-state index is 11.9. The van der Waals surface area contributed by atoms with Crippen LogP contribution in [-0.2, 0) is 16.0 Å². The molecule has 0 aliphatic rings. The van der Waals surface area contributed by atoms with Gasteiger partial charge in [0.15, 0.2) is 0 Å². The number of halogens is 2. The highest BCUT2D eigenvalue weighted by Crippen LogP contribution is 2.23. The van der Waals surface area contributed by atoms with Crippen LogP contribution in [0.2, 0.25) is 5.02 Å². The van der Waals surface area contributed by atoms with Gasteiger partial charge >= 0.3 is 0 Å². The summed E-state index contributed by atoms with van der Waals surface area (Å²) < 4.78 is 1.09. The van der Waals surface area contributed by atoms with Crippen molar-refractivity contribution in [2.45, 2.75) is 26.2 Å². The Labute approximate surface area is 158 Å². The largest absolute Gasteiger partial charge is 0.347 e. The summed E-state index contributed by atoms with van der Waals surface area (Å²) in [5.74, 6) is -0.389. The van der Waals surface area contributed by atoms with E-state index in [-0.39, 0.29) is 18.4 Å². The standard InChI is InChI=1S/C17H18BrClN2O2S/c1-11-13(19)5-3-6-14(11)21-17(23)10-20-16(22)7-2-4-12-8-9-15(18)24-12/h3,5-6,8-9H,2,4,7,10H2,1H3,(H,20,22)(H,21,23).